The van der Waals surface area contributed by atoms with Crippen LogP contribution in [0.4, 0.5) is 0 Å². The number of hydrogen-bond acceptors (Lipinski definition) is 7. The number of nitrogens with one attached hydrogen (secondary N) is 1. The Morgan fingerprint density at radius 1 is 1.40 bits per heavy atom. The number of aromatic amines is 1. The molecule has 1 aliphatic rings. The van der Waals surface area contributed by atoms with E-state index in [2.05, 4.69) is 14.8 Å². The van der Waals surface area contributed by atoms with Crippen LogP contribution in [0.1, 0.15) is 32.1 Å². The van der Waals surface area contributed by atoms with Gasteiger partial charge in [-0.05, 0) is 9.85 Å². The Bertz CT molecular complexity index is 848. The molecule has 1 fully saturated rings. The first-order valence-electron chi connectivity index (χ1n) is 7.25. The number of aromatic nitrogens is 2. The van der Waals surface area contributed by atoms with Crippen molar-refractivity contribution in [1.82, 2.24) is 9.55 Å². The minimum absolute atomic E-state index is 0.0396. The van der Waals surface area contributed by atoms with Crippen LogP contribution in [0.2, 0.25) is 0 Å². The van der Waals surface area contributed by atoms with E-state index in [1.807, 2.05) is 0 Å². The van der Waals surface area contributed by atoms with Gasteiger partial charge in [0, 0.05) is 49.1 Å². The van der Waals surface area contributed by atoms with Crippen LogP contribution in [0, 0.1) is 9.85 Å². The fourth-order valence-corrected chi connectivity index (χ4v) is 2.70. The number of carbonyl (C=O) groups excluding carboxylic acids is 2. The van der Waals surface area contributed by atoms with Crippen molar-refractivity contribution in [2.45, 2.75) is 38.7 Å². The zero-order valence-corrected chi connectivity index (χ0v) is 15.6. The van der Waals surface area contributed by atoms with Crippen LogP contribution in [0.3, 0.4) is 0 Å². The van der Waals surface area contributed by atoms with Crippen LogP contribution in [0.15, 0.2) is 15.8 Å². The molecule has 0 amide bonds. The maximum atomic E-state index is 12.1. The molecule has 0 saturated carbocycles. The van der Waals surface area contributed by atoms with Gasteiger partial charge in [0.15, 0.2) is 6.23 Å². The summed E-state index contributed by atoms with van der Waals surface area (Å²) >= 11 is 1.77. The van der Waals surface area contributed by atoms with E-state index in [0.717, 1.165) is 4.57 Å². The molecule has 1 aromatic heterocycles. The van der Waals surface area contributed by atoms with Gasteiger partial charge < -0.3 is 14.2 Å². The molecule has 10 heteroatoms. The smallest absolute Gasteiger partial charge is 0.330 e. The monoisotopic (exact) mass is 462 g/mol. The van der Waals surface area contributed by atoms with Gasteiger partial charge in [-0.2, -0.15) is 0 Å². The molecular weight excluding hydrogens is 447 g/mol. The molecule has 2 rings (SSSR count). The largest absolute Gasteiger partial charge is 0.463 e. The molecule has 0 bridgehead atoms. The highest BCUT2D eigenvalue weighted by Gasteiger charge is 2.40. The first-order valence-corrected chi connectivity index (χ1v) is 8.33. The lowest BCUT2D eigenvalue weighted by Gasteiger charge is -2.20. The predicted molar refractivity (Wildman–Crippen MR) is 92.9 cm³/mol. The van der Waals surface area contributed by atoms with E-state index in [1.54, 1.807) is 22.6 Å². The second kappa shape index (κ2) is 8.30. The number of nitrogens with zero attached hydrogens (tertiary/aromatic N) is 1. The lowest BCUT2D eigenvalue weighted by Crippen LogP contribution is -2.37. The molecule has 0 radical (unpaired) electrons. The maximum Gasteiger partial charge on any atom is 0.330 e. The number of esters is 2. The molecule has 2 heterocycles. The summed E-state index contributed by atoms with van der Waals surface area (Å²) in [5, 5.41) is 0. The predicted octanol–water partition coefficient (Wildman–Crippen LogP) is 0.0629. The highest BCUT2D eigenvalue weighted by atomic mass is 127. The molecular formula is C15H15IN2O7. The fraction of sp³-hybridized carbons (Fsp3) is 0.467. The molecule has 1 aromatic rings. The molecule has 0 aliphatic carbocycles. The number of hydrogen-bond donors (Lipinski definition) is 1. The summed E-state index contributed by atoms with van der Waals surface area (Å²) in [6.45, 7) is 2.46. The van der Waals surface area contributed by atoms with Gasteiger partial charge in [0.2, 0.25) is 0 Å². The van der Waals surface area contributed by atoms with Gasteiger partial charge in [0.25, 0.3) is 5.56 Å². The number of ether oxygens (including phenoxy) is 3. The quantitative estimate of drug-likeness (QED) is 0.382. The van der Waals surface area contributed by atoms with Gasteiger partial charge >= 0.3 is 17.6 Å². The molecule has 1 N–H and O–H groups in total. The van der Waals surface area contributed by atoms with E-state index in [9.17, 15) is 19.2 Å². The third-order valence-electron chi connectivity index (χ3n) is 3.36. The highest BCUT2D eigenvalue weighted by Crippen LogP contribution is 2.30. The summed E-state index contributed by atoms with van der Waals surface area (Å²) in [6, 6.07) is 0. The van der Waals surface area contributed by atoms with E-state index in [1.165, 1.54) is 20.0 Å². The summed E-state index contributed by atoms with van der Waals surface area (Å²) < 4.78 is 19.5. The lowest BCUT2D eigenvalue weighted by molar-refractivity contribution is -0.153. The van der Waals surface area contributed by atoms with Crippen LogP contribution in [-0.4, -0.2) is 40.3 Å². The maximum absolute atomic E-state index is 12.1. The topological polar surface area (TPSA) is 117 Å². The van der Waals surface area contributed by atoms with E-state index >= 15 is 0 Å². The van der Waals surface area contributed by atoms with Crippen molar-refractivity contribution >= 4 is 34.5 Å². The van der Waals surface area contributed by atoms with Crippen LogP contribution in [-0.2, 0) is 23.8 Å². The third-order valence-corrected chi connectivity index (χ3v) is 3.63. The van der Waals surface area contributed by atoms with Gasteiger partial charge in [-0.25, -0.2) is 4.79 Å². The Hall–Kier alpha value is -2.13. The minimum atomic E-state index is -0.969. The summed E-state index contributed by atoms with van der Waals surface area (Å²) in [5.41, 5.74) is -1.27. The molecule has 134 valence electrons. The van der Waals surface area contributed by atoms with Crippen LogP contribution < -0.4 is 11.2 Å². The van der Waals surface area contributed by atoms with E-state index in [4.69, 9.17) is 14.2 Å². The van der Waals surface area contributed by atoms with Gasteiger partial charge in [0.1, 0.15) is 18.3 Å². The fourth-order valence-electron chi connectivity index (χ4n) is 2.41. The zero-order valence-electron chi connectivity index (χ0n) is 13.4. The average Bonchev–Trinajstić information content (AvgIpc) is 2.90. The van der Waals surface area contributed by atoms with Gasteiger partial charge in [-0.3, -0.25) is 23.9 Å². The van der Waals surface area contributed by atoms with Crippen molar-refractivity contribution in [3.8, 4) is 9.85 Å². The SMILES string of the molecule is CC(=O)OC[C@@H]1C[C@@H](OC(C)=O)[C@H](n2cc(C#CI)c(=O)[nH]c2=O)O1. The van der Waals surface area contributed by atoms with Crippen LogP contribution in [0.5, 0.6) is 0 Å². The number of H-pyrrole nitrogens is 1. The molecule has 25 heavy (non-hydrogen) atoms. The third kappa shape index (κ3) is 4.93. The standard InChI is InChI=1S/C15H15IN2O7/c1-8(19)23-7-11-5-12(24-9(2)20)14(25-11)18-6-10(3-4-16)13(21)17-15(18)22/h6,11-12,14H,5,7H2,1-2H3,(H,17,21,22)/t11-,12+,14+/m0/s1. The molecule has 0 spiro atoms. The molecule has 1 aliphatic heterocycles. The molecule has 3 atom stereocenters. The van der Waals surface area contributed by atoms with E-state index in [0.29, 0.717) is 0 Å². The van der Waals surface area contributed by atoms with Gasteiger partial charge in [-0.15, -0.1) is 0 Å². The van der Waals surface area contributed by atoms with Crippen molar-refractivity contribution in [3.63, 3.8) is 0 Å². The Kier molecular flexibility index (Phi) is 6.38. The normalized spacial score (nSPS) is 22.0. The second-order valence-electron chi connectivity index (χ2n) is 5.26. The molecule has 0 unspecified atom stereocenters. The van der Waals surface area contributed by atoms with Gasteiger partial charge in [-0.1, -0.05) is 0 Å². The minimum Gasteiger partial charge on any atom is -0.463 e. The van der Waals surface area contributed by atoms with Crippen molar-refractivity contribution in [3.05, 3.63) is 32.6 Å². The summed E-state index contributed by atoms with van der Waals surface area (Å²) in [7, 11) is 0. The summed E-state index contributed by atoms with van der Waals surface area (Å²) in [6.07, 6.45) is -0.819. The second-order valence-corrected chi connectivity index (χ2v) is 5.80. The van der Waals surface area contributed by atoms with Gasteiger partial charge in [0.05, 0.1) is 6.10 Å². The van der Waals surface area contributed by atoms with Crippen molar-refractivity contribution in [2.24, 2.45) is 0 Å². The Labute approximate surface area is 155 Å². The average molecular weight is 462 g/mol. The first kappa shape index (κ1) is 19.2. The molecule has 9 nitrogen and oxygen atoms in total. The molecule has 0 aromatic carbocycles. The Balaban J connectivity index is 2.35. The Morgan fingerprint density at radius 2 is 2.12 bits per heavy atom. The van der Waals surface area contributed by atoms with E-state index in [-0.39, 0.29) is 18.6 Å². The number of rotatable bonds is 4. The first-order chi connectivity index (χ1) is 11.8. The van der Waals surface area contributed by atoms with Crippen molar-refractivity contribution < 1.29 is 23.8 Å². The van der Waals surface area contributed by atoms with Crippen LogP contribution >= 0.6 is 22.6 Å². The number of halogens is 1. The Morgan fingerprint density at radius 3 is 2.72 bits per heavy atom. The van der Waals surface area contributed by atoms with Crippen LogP contribution in [0.25, 0.3) is 0 Å². The van der Waals surface area contributed by atoms with Crippen molar-refractivity contribution in [1.29, 1.82) is 0 Å². The molecule has 1 saturated heterocycles. The zero-order chi connectivity index (χ0) is 18.6. The van der Waals surface area contributed by atoms with Crippen molar-refractivity contribution in [2.75, 3.05) is 6.61 Å². The summed E-state index contributed by atoms with van der Waals surface area (Å²) in [5.74, 6) is 1.55. The summed E-state index contributed by atoms with van der Waals surface area (Å²) in [4.78, 5) is 48.3. The number of carbonyl (C=O) groups is 2. The van der Waals surface area contributed by atoms with E-state index < -0.39 is 41.6 Å². The highest BCUT2D eigenvalue weighted by molar-refractivity contribution is 14.1. The lowest BCUT2D eigenvalue weighted by atomic mass is 10.2.